The van der Waals surface area contributed by atoms with Crippen molar-refractivity contribution in [3.8, 4) is 0 Å². The summed E-state index contributed by atoms with van der Waals surface area (Å²) in [5.74, 6) is -0.374. The summed E-state index contributed by atoms with van der Waals surface area (Å²) in [5.41, 5.74) is 2.77. The zero-order valence-corrected chi connectivity index (χ0v) is 17.2. The summed E-state index contributed by atoms with van der Waals surface area (Å²) in [6, 6.07) is 17.2. The van der Waals surface area contributed by atoms with E-state index in [0.717, 1.165) is 16.9 Å². The van der Waals surface area contributed by atoms with Gasteiger partial charge in [0.25, 0.3) is 0 Å². The Balaban J connectivity index is 1.30. The molecule has 156 valence electrons. The van der Waals surface area contributed by atoms with Crippen LogP contribution in [0.25, 0.3) is 0 Å². The predicted octanol–water partition coefficient (Wildman–Crippen LogP) is 3.23. The van der Waals surface area contributed by atoms with Crippen molar-refractivity contribution >= 4 is 29.1 Å². The Morgan fingerprint density at radius 1 is 0.933 bits per heavy atom. The van der Waals surface area contributed by atoms with E-state index in [1.54, 1.807) is 4.90 Å². The number of rotatable bonds is 4. The number of benzene rings is 2. The van der Waals surface area contributed by atoms with E-state index in [1.807, 2.05) is 66.4 Å². The van der Waals surface area contributed by atoms with Gasteiger partial charge in [-0.1, -0.05) is 35.9 Å². The van der Waals surface area contributed by atoms with E-state index in [1.165, 1.54) is 0 Å². The maximum Gasteiger partial charge on any atom is 0.228 e. The molecule has 0 radical (unpaired) electrons. The second kappa shape index (κ2) is 8.69. The molecule has 0 saturated carbocycles. The molecule has 1 N–H and O–H groups in total. The summed E-state index contributed by atoms with van der Waals surface area (Å²) in [6.07, 6.45) is 1.54. The summed E-state index contributed by atoms with van der Waals surface area (Å²) in [5, 5.41) is 2.95. The number of carbonyl (C=O) groups is 3. The molecule has 0 aromatic heterocycles. The molecule has 0 bridgehead atoms. The van der Waals surface area contributed by atoms with E-state index in [0.29, 0.717) is 32.5 Å². The van der Waals surface area contributed by atoms with Gasteiger partial charge >= 0.3 is 0 Å². The topological polar surface area (TPSA) is 69.7 Å². The van der Waals surface area contributed by atoms with Crippen molar-refractivity contribution in [2.75, 3.05) is 29.9 Å². The lowest BCUT2D eigenvalue weighted by molar-refractivity contribution is -0.138. The van der Waals surface area contributed by atoms with Crippen molar-refractivity contribution < 1.29 is 14.4 Å². The number of aryl methyl sites for hydroxylation is 1. The van der Waals surface area contributed by atoms with Crippen LogP contribution in [0.1, 0.15) is 24.8 Å². The Morgan fingerprint density at radius 3 is 2.27 bits per heavy atom. The Kier molecular flexibility index (Phi) is 5.84. The molecule has 30 heavy (non-hydrogen) atoms. The first kappa shape index (κ1) is 20.1. The van der Waals surface area contributed by atoms with E-state index in [-0.39, 0.29) is 36.0 Å². The van der Waals surface area contributed by atoms with Crippen LogP contribution in [-0.4, -0.2) is 42.3 Å². The van der Waals surface area contributed by atoms with Crippen molar-refractivity contribution in [3.05, 3.63) is 60.2 Å². The van der Waals surface area contributed by atoms with E-state index < -0.39 is 0 Å². The zero-order valence-electron chi connectivity index (χ0n) is 17.2. The van der Waals surface area contributed by atoms with Gasteiger partial charge in [0.05, 0.1) is 5.92 Å². The standard InChI is InChI=1S/C24H27N3O3/c1-17-7-9-21(10-8-17)27-16-19(15-22(27)28)24(30)26-13-11-18(12-14-26)23(29)25-20-5-3-2-4-6-20/h2-10,18-19H,11-16H2,1H3,(H,25,29). The van der Waals surface area contributed by atoms with Crippen LogP contribution in [-0.2, 0) is 14.4 Å². The van der Waals surface area contributed by atoms with Crippen LogP contribution >= 0.6 is 0 Å². The fourth-order valence-electron chi connectivity index (χ4n) is 4.23. The number of likely N-dealkylation sites (tertiary alicyclic amines) is 1. The zero-order chi connectivity index (χ0) is 21.1. The highest BCUT2D eigenvalue weighted by Gasteiger charge is 2.38. The molecular weight excluding hydrogens is 378 g/mol. The van der Waals surface area contributed by atoms with Crippen LogP contribution in [0.3, 0.4) is 0 Å². The second-order valence-electron chi connectivity index (χ2n) is 8.20. The Bertz CT molecular complexity index is 918. The van der Waals surface area contributed by atoms with Crippen molar-refractivity contribution in [2.45, 2.75) is 26.2 Å². The molecule has 1 atom stereocenters. The van der Waals surface area contributed by atoms with Crippen molar-refractivity contribution in [2.24, 2.45) is 11.8 Å². The fraction of sp³-hybridized carbons (Fsp3) is 0.375. The highest BCUT2D eigenvalue weighted by Crippen LogP contribution is 2.28. The second-order valence-corrected chi connectivity index (χ2v) is 8.20. The number of hydrogen-bond donors (Lipinski definition) is 1. The summed E-state index contributed by atoms with van der Waals surface area (Å²) < 4.78 is 0. The summed E-state index contributed by atoms with van der Waals surface area (Å²) >= 11 is 0. The van der Waals surface area contributed by atoms with Gasteiger partial charge < -0.3 is 15.1 Å². The predicted molar refractivity (Wildman–Crippen MR) is 116 cm³/mol. The van der Waals surface area contributed by atoms with Gasteiger partial charge in [0.2, 0.25) is 17.7 Å². The molecule has 3 amide bonds. The summed E-state index contributed by atoms with van der Waals surface area (Å²) in [4.78, 5) is 41.5. The minimum absolute atomic E-state index is 0.00525. The number of carbonyl (C=O) groups excluding carboxylic acids is 3. The average Bonchev–Trinajstić information content (AvgIpc) is 3.16. The van der Waals surface area contributed by atoms with Crippen LogP contribution in [0.5, 0.6) is 0 Å². The smallest absolute Gasteiger partial charge is 0.228 e. The van der Waals surface area contributed by atoms with Gasteiger partial charge in [-0.3, -0.25) is 14.4 Å². The number of anilines is 2. The van der Waals surface area contributed by atoms with Gasteiger partial charge in [-0.25, -0.2) is 0 Å². The molecule has 2 aromatic carbocycles. The lowest BCUT2D eigenvalue weighted by atomic mass is 9.94. The minimum atomic E-state index is -0.312. The third-order valence-corrected chi connectivity index (χ3v) is 6.04. The van der Waals surface area contributed by atoms with Gasteiger partial charge in [0, 0.05) is 43.3 Å². The highest BCUT2D eigenvalue weighted by molar-refractivity contribution is 6.00. The van der Waals surface area contributed by atoms with Gasteiger partial charge in [-0.05, 0) is 44.0 Å². The van der Waals surface area contributed by atoms with Crippen molar-refractivity contribution in [1.82, 2.24) is 4.90 Å². The average molecular weight is 405 g/mol. The highest BCUT2D eigenvalue weighted by atomic mass is 16.2. The molecule has 6 heteroatoms. The Morgan fingerprint density at radius 2 is 1.60 bits per heavy atom. The van der Waals surface area contributed by atoms with Gasteiger partial charge in [0.15, 0.2) is 0 Å². The van der Waals surface area contributed by atoms with Crippen LogP contribution < -0.4 is 10.2 Å². The Hall–Kier alpha value is -3.15. The number of para-hydroxylation sites is 1. The maximum absolute atomic E-state index is 13.0. The normalized spacial score (nSPS) is 19.8. The molecule has 0 aliphatic carbocycles. The van der Waals surface area contributed by atoms with Gasteiger partial charge in [0.1, 0.15) is 0 Å². The van der Waals surface area contributed by atoms with E-state index in [4.69, 9.17) is 0 Å². The molecule has 4 rings (SSSR count). The number of piperidine rings is 1. The number of nitrogens with one attached hydrogen (secondary N) is 1. The first-order valence-corrected chi connectivity index (χ1v) is 10.5. The molecule has 2 fully saturated rings. The summed E-state index contributed by atoms with van der Waals surface area (Å²) in [7, 11) is 0. The number of amides is 3. The Labute approximate surface area is 176 Å². The lowest BCUT2D eigenvalue weighted by Gasteiger charge is -2.33. The molecule has 2 aromatic rings. The van der Waals surface area contributed by atoms with E-state index >= 15 is 0 Å². The lowest BCUT2D eigenvalue weighted by Crippen LogP contribution is -2.44. The monoisotopic (exact) mass is 405 g/mol. The molecule has 2 aliphatic heterocycles. The van der Waals surface area contributed by atoms with Gasteiger partial charge in [-0.2, -0.15) is 0 Å². The maximum atomic E-state index is 13.0. The largest absolute Gasteiger partial charge is 0.342 e. The van der Waals surface area contributed by atoms with Gasteiger partial charge in [-0.15, -0.1) is 0 Å². The molecule has 6 nitrogen and oxygen atoms in total. The molecule has 0 spiro atoms. The molecule has 2 saturated heterocycles. The fourth-order valence-corrected chi connectivity index (χ4v) is 4.23. The third kappa shape index (κ3) is 4.37. The van der Waals surface area contributed by atoms with E-state index in [2.05, 4.69) is 5.32 Å². The number of nitrogens with zero attached hydrogens (tertiary/aromatic N) is 2. The summed E-state index contributed by atoms with van der Waals surface area (Å²) in [6.45, 7) is 3.54. The molecule has 1 unspecified atom stereocenters. The quantitative estimate of drug-likeness (QED) is 0.849. The van der Waals surface area contributed by atoms with Crippen LogP contribution in [0, 0.1) is 18.8 Å². The SMILES string of the molecule is Cc1ccc(N2CC(C(=O)N3CCC(C(=O)Nc4ccccc4)CC3)CC2=O)cc1. The number of hydrogen-bond acceptors (Lipinski definition) is 3. The third-order valence-electron chi connectivity index (χ3n) is 6.04. The minimum Gasteiger partial charge on any atom is -0.342 e. The van der Waals surface area contributed by atoms with E-state index in [9.17, 15) is 14.4 Å². The first-order chi connectivity index (χ1) is 14.5. The molecular formula is C24H27N3O3. The molecule has 2 aliphatic rings. The van der Waals surface area contributed by atoms with Crippen molar-refractivity contribution in [3.63, 3.8) is 0 Å². The van der Waals surface area contributed by atoms with Crippen molar-refractivity contribution in [1.29, 1.82) is 0 Å². The van der Waals surface area contributed by atoms with Crippen LogP contribution in [0.2, 0.25) is 0 Å². The van der Waals surface area contributed by atoms with Crippen LogP contribution in [0.4, 0.5) is 11.4 Å². The van der Waals surface area contributed by atoms with Crippen LogP contribution in [0.15, 0.2) is 54.6 Å². The first-order valence-electron chi connectivity index (χ1n) is 10.5. The molecule has 2 heterocycles.